The monoisotopic (exact) mass is 239 g/mol. The van der Waals surface area contributed by atoms with E-state index in [-0.39, 0.29) is 19.3 Å². The molecule has 0 saturated heterocycles. The molecule has 0 aliphatic carbocycles. The van der Waals surface area contributed by atoms with Crippen molar-refractivity contribution >= 4 is 0 Å². The van der Waals surface area contributed by atoms with Crippen molar-refractivity contribution in [2.75, 3.05) is 20.3 Å². The van der Waals surface area contributed by atoms with Gasteiger partial charge in [0.15, 0.2) is 0 Å². The Morgan fingerprint density at radius 3 is 2.12 bits per heavy atom. The zero-order valence-electron chi connectivity index (χ0n) is 10.7. The highest BCUT2D eigenvalue weighted by Crippen LogP contribution is 2.24. The molecule has 0 unspecified atom stereocenters. The highest BCUT2D eigenvalue weighted by Gasteiger charge is 2.08. The van der Waals surface area contributed by atoms with Gasteiger partial charge in [0.25, 0.3) is 0 Å². The van der Waals surface area contributed by atoms with Gasteiger partial charge < -0.3 is 20.3 Å². The third-order valence-corrected chi connectivity index (χ3v) is 2.76. The van der Waals surface area contributed by atoms with Crippen LogP contribution >= 0.6 is 0 Å². The van der Waals surface area contributed by atoms with Gasteiger partial charge >= 0.3 is 0 Å². The Morgan fingerprint density at radius 1 is 1.18 bits per heavy atom. The number of rotatable bonds is 6. The summed E-state index contributed by atoms with van der Waals surface area (Å²) in [6, 6.07) is 3.83. The minimum absolute atomic E-state index is 0.0649. The summed E-state index contributed by atoms with van der Waals surface area (Å²) in [5.74, 6) is 0.912. The molecule has 1 aromatic carbocycles. The number of ether oxygens (including phenoxy) is 1. The van der Waals surface area contributed by atoms with Crippen molar-refractivity contribution in [3.05, 3.63) is 28.8 Å². The predicted octanol–water partition coefficient (Wildman–Crippen LogP) is 0.755. The zero-order chi connectivity index (χ0) is 12.8. The van der Waals surface area contributed by atoms with Gasteiger partial charge in [0, 0.05) is 6.54 Å². The first-order valence-electron chi connectivity index (χ1n) is 5.71. The minimum Gasteiger partial charge on any atom is -0.496 e. The molecule has 0 spiro atoms. The molecule has 3 N–H and O–H groups in total. The Morgan fingerprint density at radius 2 is 1.71 bits per heavy atom. The maximum atomic E-state index is 8.95. The topological polar surface area (TPSA) is 61.7 Å². The first-order valence-corrected chi connectivity index (χ1v) is 5.71. The third-order valence-electron chi connectivity index (χ3n) is 2.76. The fourth-order valence-corrected chi connectivity index (χ4v) is 1.91. The van der Waals surface area contributed by atoms with E-state index in [4.69, 9.17) is 14.9 Å². The van der Waals surface area contributed by atoms with Crippen molar-refractivity contribution < 1.29 is 14.9 Å². The van der Waals surface area contributed by atoms with E-state index >= 15 is 0 Å². The summed E-state index contributed by atoms with van der Waals surface area (Å²) in [6.45, 7) is 4.50. The summed E-state index contributed by atoms with van der Waals surface area (Å²) in [4.78, 5) is 0. The van der Waals surface area contributed by atoms with Crippen molar-refractivity contribution in [1.82, 2.24) is 5.32 Å². The molecule has 0 saturated carbocycles. The number of aryl methyl sites for hydroxylation is 2. The number of aliphatic hydroxyl groups is 2. The fourth-order valence-electron chi connectivity index (χ4n) is 1.91. The Hall–Kier alpha value is -1.10. The molecule has 17 heavy (non-hydrogen) atoms. The SMILES string of the molecule is COc1c(C)cc(CNC(CO)CO)cc1C. The van der Waals surface area contributed by atoms with Crippen LogP contribution in [0.25, 0.3) is 0 Å². The molecule has 1 rings (SSSR count). The Balaban J connectivity index is 2.73. The predicted molar refractivity (Wildman–Crippen MR) is 67.3 cm³/mol. The molecule has 0 aromatic heterocycles. The van der Waals surface area contributed by atoms with Crippen molar-refractivity contribution in [3.8, 4) is 5.75 Å². The number of hydrogen-bond donors (Lipinski definition) is 3. The average Bonchev–Trinajstić information content (AvgIpc) is 2.30. The van der Waals surface area contributed by atoms with Crippen LogP contribution in [0.2, 0.25) is 0 Å². The zero-order valence-corrected chi connectivity index (χ0v) is 10.7. The van der Waals surface area contributed by atoms with Crippen LogP contribution in [0.3, 0.4) is 0 Å². The van der Waals surface area contributed by atoms with Crippen molar-refractivity contribution in [2.45, 2.75) is 26.4 Å². The van der Waals surface area contributed by atoms with Crippen molar-refractivity contribution in [1.29, 1.82) is 0 Å². The molecule has 96 valence electrons. The van der Waals surface area contributed by atoms with Gasteiger partial charge in [0.2, 0.25) is 0 Å². The number of nitrogens with one attached hydrogen (secondary N) is 1. The molecule has 4 nitrogen and oxygen atoms in total. The number of aliphatic hydroxyl groups excluding tert-OH is 2. The van der Waals surface area contributed by atoms with E-state index in [2.05, 4.69) is 5.32 Å². The van der Waals surface area contributed by atoms with Gasteiger partial charge in [-0.05, 0) is 30.5 Å². The van der Waals surface area contributed by atoms with Crippen LogP contribution in [0.5, 0.6) is 5.75 Å². The maximum Gasteiger partial charge on any atom is 0.124 e. The van der Waals surface area contributed by atoms with Crippen LogP contribution in [0.1, 0.15) is 16.7 Å². The van der Waals surface area contributed by atoms with Crippen LogP contribution in [-0.4, -0.2) is 36.6 Å². The van der Waals surface area contributed by atoms with Gasteiger partial charge in [-0.25, -0.2) is 0 Å². The van der Waals surface area contributed by atoms with Gasteiger partial charge in [-0.1, -0.05) is 12.1 Å². The second kappa shape index (κ2) is 6.59. The average molecular weight is 239 g/mol. The highest BCUT2D eigenvalue weighted by atomic mass is 16.5. The number of benzene rings is 1. The van der Waals surface area contributed by atoms with E-state index in [0.717, 1.165) is 22.4 Å². The van der Waals surface area contributed by atoms with Crippen molar-refractivity contribution in [2.24, 2.45) is 0 Å². The molecule has 0 heterocycles. The summed E-state index contributed by atoms with van der Waals surface area (Å²) in [7, 11) is 1.67. The van der Waals surface area contributed by atoms with Gasteiger partial charge in [-0.3, -0.25) is 0 Å². The number of hydrogen-bond acceptors (Lipinski definition) is 4. The maximum absolute atomic E-state index is 8.95. The van der Waals surface area contributed by atoms with Crippen LogP contribution in [0.15, 0.2) is 12.1 Å². The van der Waals surface area contributed by atoms with Gasteiger partial charge in [0.1, 0.15) is 5.75 Å². The van der Waals surface area contributed by atoms with Gasteiger partial charge in [-0.15, -0.1) is 0 Å². The Bertz CT molecular complexity index is 339. The van der Waals surface area contributed by atoms with Crippen LogP contribution < -0.4 is 10.1 Å². The van der Waals surface area contributed by atoms with E-state index in [0.29, 0.717) is 6.54 Å². The summed E-state index contributed by atoms with van der Waals surface area (Å²) in [5.41, 5.74) is 3.30. The number of methoxy groups -OCH3 is 1. The fraction of sp³-hybridized carbons (Fsp3) is 0.538. The van der Waals surface area contributed by atoms with E-state index in [1.807, 2.05) is 26.0 Å². The molecule has 0 aliphatic rings. The lowest BCUT2D eigenvalue weighted by molar-refractivity contribution is 0.170. The molecular weight excluding hydrogens is 218 g/mol. The summed E-state index contributed by atoms with van der Waals surface area (Å²) in [6.07, 6.45) is 0. The molecule has 0 radical (unpaired) electrons. The van der Waals surface area contributed by atoms with Crippen molar-refractivity contribution in [3.63, 3.8) is 0 Å². The first-order chi connectivity index (χ1) is 8.12. The quantitative estimate of drug-likeness (QED) is 0.685. The van der Waals surface area contributed by atoms with E-state index < -0.39 is 0 Å². The second-order valence-electron chi connectivity index (χ2n) is 4.21. The van der Waals surface area contributed by atoms with Gasteiger partial charge in [-0.2, -0.15) is 0 Å². The van der Waals surface area contributed by atoms with Gasteiger partial charge in [0.05, 0.1) is 26.4 Å². The molecule has 0 amide bonds. The molecule has 0 atom stereocenters. The lowest BCUT2D eigenvalue weighted by Gasteiger charge is -2.15. The Labute approximate surface area is 102 Å². The molecule has 1 aromatic rings. The van der Waals surface area contributed by atoms with E-state index in [1.54, 1.807) is 7.11 Å². The second-order valence-corrected chi connectivity index (χ2v) is 4.21. The largest absolute Gasteiger partial charge is 0.496 e. The summed E-state index contributed by atoms with van der Waals surface area (Å²) in [5, 5.41) is 21.0. The van der Waals surface area contributed by atoms with E-state index in [1.165, 1.54) is 0 Å². The lowest BCUT2D eigenvalue weighted by atomic mass is 10.1. The third kappa shape index (κ3) is 3.70. The highest BCUT2D eigenvalue weighted by molar-refractivity contribution is 5.43. The molecule has 0 fully saturated rings. The molecule has 4 heteroatoms. The Kier molecular flexibility index (Phi) is 5.41. The normalized spacial score (nSPS) is 10.9. The van der Waals surface area contributed by atoms with Crippen LogP contribution in [0, 0.1) is 13.8 Å². The smallest absolute Gasteiger partial charge is 0.124 e. The van der Waals surface area contributed by atoms with Crippen LogP contribution in [0.4, 0.5) is 0 Å². The lowest BCUT2D eigenvalue weighted by Crippen LogP contribution is -2.35. The van der Waals surface area contributed by atoms with Crippen LogP contribution in [-0.2, 0) is 6.54 Å². The minimum atomic E-state index is -0.266. The van der Waals surface area contributed by atoms with E-state index in [9.17, 15) is 0 Å². The first kappa shape index (κ1) is 14.0. The summed E-state index contributed by atoms with van der Waals surface area (Å²) < 4.78 is 5.30. The molecule has 0 bridgehead atoms. The molecular formula is C13H21NO3. The standard InChI is InChI=1S/C13H21NO3/c1-9-4-11(5-10(2)13(9)17-3)6-14-12(7-15)8-16/h4-5,12,14-16H,6-8H2,1-3H3. The molecule has 0 aliphatic heterocycles. The summed E-state index contributed by atoms with van der Waals surface area (Å²) >= 11 is 0.